The molecular weight excluding hydrogens is 218 g/mol. The third kappa shape index (κ3) is 4.76. The van der Waals surface area contributed by atoms with Gasteiger partial charge >= 0.3 is 6.09 Å². The van der Waals surface area contributed by atoms with Crippen molar-refractivity contribution < 1.29 is 14.3 Å². The van der Waals surface area contributed by atoms with Crippen LogP contribution >= 0.6 is 0 Å². The van der Waals surface area contributed by atoms with Gasteiger partial charge in [-0.3, -0.25) is 0 Å². The average molecular weight is 237 g/mol. The van der Waals surface area contributed by atoms with Crippen molar-refractivity contribution >= 4 is 6.09 Å². The minimum absolute atomic E-state index is 0.0439. The zero-order chi connectivity index (χ0) is 12.7. The lowest BCUT2D eigenvalue weighted by molar-refractivity contribution is 0.149. The number of methoxy groups -OCH3 is 1. The van der Waals surface area contributed by atoms with E-state index in [9.17, 15) is 4.79 Å². The lowest BCUT2D eigenvalue weighted by Crippen LogP contribution is -2.34. The normalized spacial score (nSPS) is 11.7. The maximum Gasteiger partial charge on any atom is 0.407 e. The lowest BCUT2D eigenvalue weighted by atomic mass is 10.1. The summed E-state index contributed by atoms with van der Waals surface area (Å²) in [4.78, 5) is 11.2. The van der Waals surface area contributed by atoms with Gasteiger partial charge in [0.15, 0.2) is 0 Å². The molecule has 1 aromatic rings. The maximum absolute atomic E-state index is 11.2. The smallest absolute Gasteiger partial charge is 0.407 e. The molecule has 0 radical (unpaired) electrons. The second kappa shape index (κ2) is 6.78. The molecule has 4 heteroatoms. The van der Waals surface area contributed by atoms with Gasteiger partial charge in [0.05, 0.1) is 13.7 Å². The van der Waals surface area contributed by atoms with Crippen LogP contribution in [0.15, 0.2) is 24.3 Å². The molecule has 1 rings (SSSR count). The Hall–Kier alpha value is -1.71. The SMILES string of the molecule is CCOC(=O)NC(C)Cc1ccc(OC)cc1. The first-order chi connectivity index (χ1) is 8.15. The quantitative estimate of drug-likeness (QED) is 0.855. The van der Waals surface area contributed by atoms with E-state index in [1.165, 1.54) is 0 Å². The number of amides is 1. The minimum atomic E-state index is -0.367. The number of hydrogen-bond donors (Lipinski definition) is 1. The lowest BCUT2D eigenvalue weighted by Gasteiger charge is -2.13. The van der Waals surface area contributed by atoms with Crippen LogP contribution in [0, 0.1) is 0 Å². The summed E-state index contributed by atoms with van der Waals surface area (Å²) in [5.74, 6) is 0.833. The first-order valence-corrected chi connectivity index (χ1v) is 5.72. The summed E-state index contributed by atoms with van der Waals surface area (Å²) in [5, 5.41) is 2.77. The standard InChI is InChI=1S/C13H19NO3/c1-4-17-13(15)14-10(2)9-11-5-7-12(16-3)8-6-11/h5-8,10H,4,9H2,1-3H3,(H,14,15). The number of rotatable bonds is 5. The fourth-order valence-corrected chi connectivity index (χ4v) is 1.54. The molecule has 1 aromatic carbocycles. The van der Waals surface area contributed by atoms with Crippen molar-refractivity contribution in [1.82, 2.24) is 5.32 Å². The van der Waals surface area contributed by atoms with E-state index in [-0.39, 0.29) is 12.1 Å². The Morgan fingerprint density at radius 1 is 1.35 bits per heavy atom. The van der Waals surface area contributed by atoms with E-state index in [2.05, 4.69) is 5.32 Å². The van der Waals surface area contributed by atoms with E-state index in [0.29, 0.717) is 6.61 Å². The fourth-order valence-electron chi connectivity index (χ4n) is 1.54. The molecule has 0 spiro atoms. The monoisotopic (exact) mass is 237 g/mol. The topological polar surface area (TPSA) is 47.6 Å². The molecule has 1 N–H and O–H groups in total. The van der Waals surface area contributed by atoms with Crippen LogP contribution in [0.25, 0.3) is 0 Å². The molecule has 94 valence electrons. The molecule has 0 saturated heterocycles. The summed E-state index contributed by atoms with van der Waals surface area (Å²) in [7, 11) is 1.64. The number of hydrogen-bond acceptors (Lipinski definition) is 3. The Morgan fingerprint density at radius 2 is 2.00 bits per heavy atom. The van der Waals surface area contributed by atoms with Crippen LogP contribution in [0.4, 0.5) is 4.79 Å². The van der Waals surface area contributed by atoms with Crippen LogP contribution in [0.2, 0.25) is 0 Å². The van der Waals surface area contributed by atoms with Crippen LogP contribution in [0.1, 0.15) is 19.4 Å². The third-order valence-electron chi connectivity index (χ3n) is 2.34. The number of carbonyl (C=O) groups is 1. The summed E-state index contributed by atoms with van der Waals surface area (Å²) >= 11 is 0. The Morgan fingerprint density at radius 3 is 2.53 bits per heavy atom. The molecular formula is C13H19NO3. The summed E-state index contributed by atoms with van der Waals surface area (Å²) in [6, 6.07) is 7.84. The van der Waals surface area contributed by atoms with Crippen molar-refractivity contribution in [2.75, 3.05) is 13.7 Å². The van der Waals surface area contributed by atoms with Crippen molar-refractivity contribution in [1.29, 1.82) is 0 Å². The predicted molar refractivity (Wildman–Crippen MR) is 66.3 cm³/mol. The van der Waals surface area contributed by atoms with Gasteiger partial charge in [0, 0.05) is 6.04 Å². The molecule has 0 bridgehead atoms. The van der Waals surface area contributed by atoms with Gasteiger partial charge in [-0.2, -0.15) is 0 Å². The van der Waals surface area contributed by atoms with E-state index in [4.69, 9.17) is 9.47 Å². The van der Waals surface area contributed by atoms with E-state index in [1.807, 2.05) is 31.2 Å². The van der Waals surface area contributed by atoms with Gasteiger partial charge in [0.1, 0.15) is 5.75 Å². The van der Waals surface area contributed by atoms with Crippen molar-refractivity contribution in [2.45, 2.75) is 26.3 Å². The Labute approximate surface area is 102 Å². The Bertz CT molecular complexity index is 348. The number of ether oxygens (including phenoxy) is 2. The molecule has 1 unspecified atom stereocenters. The Balaban J connectivity index is 2.44. The average Bonchev–Trinajstić information content (AvgIpc) is 2.30. The highest BCUT2D eigenvalue weighted by Gasteiger charge is 2.08. The summed E-state index contributed by atoms with van der Waals surface area (Å²) in [6.45, 7) is 4.12. The highest BCUT2D eigenvalue weighted by Crippen LogP contribution is 2.12. The van der Waals surface area contributed by atoms with Crippen LogP contribution < -0.4 is 10.1 Å². The van der Waals surface area contributed by atoms with Gasteiger partial charge in [-0.25, -0.2) is 4.79 Å². The summed E-state index contributed by atoms with van der Waals surface area (Å²) in [5.41, 5.74) is 1.15. The number of carbonyl (C=O) groups excluding carboxylic acids is 1. The number of benzene rings is 1. The molecule has 0 saturated carbocycles. The number of alkyl carbamates (subject to hydrolysis) is 1. The molecule has 17 heavy (non-hydrogen) atoms. The molecule has 0 heterocycles. The zero-order valence-electron chi connectivity index (χ0n) is 10.5. The second-order valence-electron chi connectivity index (χ2n) is 3.82. The van der Waals surface area contributed by atoms with Gasteiger partial charge in [-0.05, 0) is 38.0 Å². The van der Waals surface area contributed by atoms with Gasteiger partial charge in [-0.15, -0.1) is 0 Å². The largest absolute Gasteiger partial charge is 0.497 e. The van der Waals surface area contributed by atoms with E-state index < -0.39 is 0 Å². The molecule has 1 amide bonds. The molecule has 0 aliphatic rings. The second-order valence-corrected chi connectivity index (χ2v) is 3.82. The first kappa shape index (κ1) is 13.4. The molecule has 0 aromatic heterocycles. The van der Waals surface area contributed by atoms with Gasteiger partial charge in [0.2, 0.25) is 0 Å². The van der Waals surface area contributed by atoms with Crippen LogP contribution in [-0.2, 0) is 11.2 Å². The first-order valence-electron chi connectivity index (χ1n) is 5.72. The fraction of sp³-hybridized carbons (Fsp3) is 0.462. The van der Waals surface area contributed by atoms with Crippen LogP contribution in [0.5, 0.6) is 5.75 Å². The van der Waals surface area contributed by atoms with E-state index >= 15 is 0 Å². The minimum Gasteiger partial charge on any atom is -0.497 e. The van der Waals surface area contributed by atoms with E-state index in [0.717, 1.165) is 17.7 Å². The van der Waals surface area contributed by atoms with Gasteiger partial charge < -0.3 is 14.8 Å². The van der Waals surface area contributed by atoms with Crippen LogP contribution in [-0.4, -0.2) is 25.9 Å². The van der Waals surface area contributed by atoms with Gasteiger partial charge in [-0.1, -0.05) is 12.1 Å². The zero-order valence-corrected chi connectivity index (χ0v) is 10.5. The highest BCUT2D eigenvalue weighted by atomic mass is 16.5. The van der Waals surface area contributed by atoms with Crippen LogP contribution in [0.3, 0.4) is 0 Å². The molecule has 1 atom stereocenters. The third-order valence-corrected chi connectivity index (χ3v) is 2.34. The van der Waals surface area contributed by atoms with Crippen molar-refractivity contribution in [3.05, 3.63) is 29.8 Å². The van der Waals surface area contributed by atoms with Crippen molar-refractivity contribution in [2.24, 2.45) is 0 Å². The summed E-state index contributed by atoms with van der Waals surface area (Å²) in [6.07, 6.45) is 0.400. The van der Waals surface area contributed by atoms with Crippen molar-refractivity contribution in [3.8, 4) is 5.75 Å². The molecule has 0 fully saturated rings. The maximum atomic E-state index is 11.2. The predicted octanol–water partition coefficient (Wildman–Crippen LogP) is 2.37. The van der Waals surface area contributed by atoms with Crippen molar-refractivity contribution in [3.63, 3.8) is 0 Å². The van der Waals surface area contributed by atoms with Gasteiger partial charge in [0.25, 0.3) is 0 Å². The highest BCUT2D eigenvalue weighted by molar-refractivity contribution is 5.67. The number of nitrogens with one attached hydrogen (secondary N) is 1. The molecule has 0 aliphatic heterocycles. The van der Waals surface area contributed by atoms with E-state index in [1.54, 1.807) is 14.0 Å². The Kier molecular flexibility index (Phi) is 5.33. The molecule has 0 aliphatic carbocycles. The molecule has 4 nitrogen and oxygen atoms in total. The summed E-state index contributed by atoms with van der Waals surface area (Å²) < 4.78 is 9.90.